The number of hydrazone groups is 1. The van der Waals surface area contributed by atoms with Gasteiger partial charge in [0.1, 0.15) is 5.75 Å². The molecule has 0 saturated carbocycles. The van der Waals surface area contributed by atoms with E-state index in [4.69, 9.17) is 18.9 Å². The van der Waals surface area contributed by atoms with Crippen LogP contribution in [0.2, 0.25) is 0 Å². The number of methoxy groups -OCH3 is 4. The first-order valence-corrected chi connectivity index (χ1v) is 10.2. The minimum Gasteiger partial charge on any atom is -0.497 e. The summed E-state index contributed by atoms with van der Waals surface area (Å²) in [7, 11) is 6.03. The summed E-state index contributed by atoms with van der Waals surface area (Å²) in [5, 5.41) is 6.74. The van der Waals surface area contributed by atoms with E-state index in [0.717, 1.165) is 11.3 Å². The molecule has 9 heteroatoms. The number of rotatable bonds is 9. The molecule has 0 aliphatic carbocycles. The second kappa shape index (κ2) is 11.4. The molecule has 0 spiro atoms. The van der Waals surface area contributed by atoms with Gasteiger partial charge >= 0.3 is 0 Å². The molecular weight excluding hydrogens is 438 g/mol. The van der Waals surface area contributed by atoms with Gasteiger partial charge in [0.25, 0.3) is 11.8 Å². The first-order chi connectivity index (χ1) is 16.5. The molecule has 0 radical (unpaired) electrons. The Kier molecular flexibility index (Phi) is 8.07. The Labute approximate surface area is 197 Å². The van der Waals surface area contributed by atoms with Gasteiger partial charge in [0.05, 0.1) is 34.7 Å². The zero-order valence-corrected chi connectivity index (χ0v) is 19.2. The first kappa shape index (κ1) is 24.1. The van der Waals surface area contributed by atoms with Crippen LogP contribution in [0.5, 0.6) is 23.0 Å². The molecule has 176 valence electrons. The Balaban J connectivity index is 1.63. The third kappa shape index (κ3) is 5.83. The highest BCUT2D eigenvalue weighted by Crippen LogP contribution is 2.38. The van der Waals surface area contributed by atoms with E-state index in [1.54, 1.807) is 55.6 Å². The molecule has 0 saturated heterocycles. The normalized spacial score (nSPS) is 10.5. The standard InChI is InChI=1S/C25H25N3O6/c1-31-20-11-5-16(6-12-20)15-26-28-25(30)17-7-9-19(10-8-17)27-24(29)18-13-21(32-2)23(34-4)22(14-18)33-3/h5-15H,1-4H3,(H,27,29)(H,28,30)/b26-15-. The first-order valence-electron chi connectivity index (χ1n) is 10.2. The summed E-state index contributed by atoms with van der Waals surface area (Å²) in [5.41, 5.74) is 4.50. The third-order valence-corrected chi connectivity index (χ3v) is 4.83. The van der Waals surface area contributed by atoms with E-state index in [9.17, 15) is 9.59 Å². The Morgan fingerprint density at radius 2 is 1.35 bits per heavy atom. The van der Waals surface area contributed by atoms with E-state index in [1.807, 2.05) is 12.1 Å². The second-order valence-electron chi connectivity index (χ2n) is 6.92. The lowest BCUT2D eigenvalue weighted by Gasteiger charge is -2.14. The minimum atomic E-state index is -0.382. The van der Waals surface area contributed by atoms with Crippen molar-refractivity contribution >= 4 is 23.7 Å². The summed E-state index contributed by atoms with van der Waals surface area (Å²) in [6.45, 7) is 0. The highest BCUT2D eigenvalue weighted by molar-refractivity contribution is 6.05. The van der Waals surface area contributed by atoms with Crippen LogP contribution < -0.4 is 29.7 Å². The summed E-state index contributed by atoms with van der Waals surface area (Å²) >= 11 is 0. The zero-order chi connectivity index (χ0) is 24.5. The molecule has 0 unspecified atom stereocenters. The predicted octanol–water partition coefficient (Wildman–Crippen LogP) is 3.74. The number of amides is 2. The molecule has 3 aromatic carbocycles. The summed E-state index contributed by atoms with van der Waals surface area (Å²) in [6, 6.07) is 16.8. The van der Waals surface area contributed by atoms with Crippen LogP contribution in [0, 0.1) is 0 Å². The smallest absolute Gasteiger partial charge is 0.271 e. The Morgan fingerprint density at radius 3 is 1.88 bits per heavy atom. The SMILES string of the molecule is COc1ccc(/C=N\NC(=O)c2ccc(NC(=O)c3cc(OC)c(OC)c(OC)c3)cc2)cc1. The van der Waals surface area contributed by atoms with Crippen molar-refractivity contribution < 1.29 is 28.5 Å². The average molecular weight is 463 g/mol. The molecule has 0 aromatic heterocycles. The minimum absolute atomic E-state index is 0.323. The van der Waals surface area contributed by atoms with Crippen molar-refractivity contribution in [2.45, 2.75) is 0 Å². The van der Waals surface area contributed by atoms with Gasteiger partial charge in [-0.15, -0.1) is 0 Å². The summed E-state index contributed by atoms with van der Waals surface area (Å²) in [4.78, 5) is 25.0. The summed E-state index contributed by atoms with van der Waals surface area (Å²) in [5.74, 6) is 1.11. The lowest BCUT2D eigenvalue weighted by atomic mass is 10.1. The fourth-order valence-corrected chi connectivity index (χ4v) is 3.04. The van der Waals surface area contributed by atoms with Crippen molar-refractivity contribution in [2.24, 2.45) is 5.10 Å². The van der Waals surface area contributed by atoms with E-state index < -0.39 is 0 Å². The van der Waals surface area contributed by atoms with Crippen molar-refractivity contribution in [3.05, 3.63) is 77.4 Å². The molecule has 0 heterocycles. The van der Waals surface area contributed by atoms with Gasteiger partial charge in [0.15, 0.2) is 11.5 Å². The van der Waals surface area contributed by atoms with E-state index >= 15 is 0 Å². The Hall–Kier alpha value is -4.53. The van der Waals surface area contributed by atoms with Crippen molar-refractivity contribution in [1.82, 2.24) is 5.43 Å². The zero-order valence-electron chi connectivity index (χ0n) is 19.2. The van der Waals surface area contributed by atoms with Crippen LogP contribution in [0.3, 0.4) is 0 Å². The van der Waals surface area contributed by atoms with Gasteiger partial charge in [-0.05, 0) is 66.2 Å². The molecule has 0 aliphatic heterocycles. The number of carbonyl (C=O) groups is 2. The van der Waals surface area contributed by atoms with Gasteiger partial charge < -0.3 is 24.3 Å². The highest BCUT2D eigenvalue weighted by atomic mass is 16.5. The predicted molar refractivity (Wildman–Crippen MR) is 129 cm³/mol. The molecule has 2 N–H and O–H groups in total. The van der Waals surface area contributed by atoms with Crippen molar-refractivity contribution in [2.75, 3.05) is 33.8 Å². The number of benzene rings is 3. The number of ether oxygens (including phenoxy) is 4. The van der Waals surface area contributed by atoms with Gasteiger partial charge in [-0.2, -0.15) is 5.10 Å². The fourth-order valence-electron chi connectivity index (χ4n) is 3.04. The quantitative estimate of drug-likeness (QED) is 0.370. The van der Waals surface area contributed by atoms with Crippen molar-refractivity contribution in [3.63, 3.8) is 0 Å². The summed E-state index contributed by atoms with van der Waals surface area (Å²) in [6.07, 6.45) is 1.53. The fraction of sp³-hybridized carbons (Fsp3) is 0.160. The maximum atomic E-state index is 12.7. The molecule has 2 amide bonds. The average Bonchev–Trinajstić information content (AvgIpc) is 2.88. The molecule has 0 atom stereocenters. The van der Waals surface area contributed by atoms with Crippen LogP contribution in [0.4, 0.5) is 5.69 Å². The molecule has 9 nitrogen and oxygen atoms in total. The van der Waals surface area contributed by atoms with Crippen LogP contribution in [0.25, 0.3) is 0 Å². The molecule has 0 bridgehead atoms. The molecule has 34 heavy (non-hydrogen) atoms. The second-order valence-corrected chi connectivity index (χ2v) is 6.92. The van der Waals surface area contributed by atoms with Crippen LogP contribution >= 0.6 is 0 Å². The lowest BCUT2D eigenvalue weighted by Crippen LogP contribution is -2.18. The summed E-state index contributed by atoms with van der Waals surface area (Å²) < 4.78 is 20.9. The number of carbonyl (C=O) groups excluding carboxylic acids is 2. The van der Waals surface area contributed by atoms with Gasteiger partial charge in [-0.3, -0.25) is 9.59 Å². The number of hydrogen-bond acceptors (Lipinski definition) is 7. The topological polar surface area (TPSA) is 107 Å². The van der Waals surface area contributed by atoms with Crippen LogP contribution in [-0.2, 0) is 0 Å². The van der Waals surface area contributed by atoms with E-state index in [-0.39, 0.29) is 11.8 Å². The number of anilines is 1. The molecule has 0 aliphatic rings. The maximum absolute atomic E-state index is 12.7. The highest BCUT2D eigenvalue weighted by Gasteiger charge is 2.17. The van der Waals surface area contributed by atoms with Gasteiger partial charge in [-0.1, -0.05) is 0 Å². The van der Waals surface area contributed by atoms with E-state index in [1.165, 1.54) is 27.5 Å². The lowest BCUT2D eigenvalue weighted by molar-refractivity contribution is 0.0954. The Bertz CT molecular complexity index is 1150. The van der Waals surface area contributed by atoms with Gasteiger partial charge in [0, 0.05) is 16.8 Å². The molecule has 3 aromatic rings. The number of hydrogen-bond donors (Lipinski definition) is 2. The van der Waals surface area contributed by atoms with Crippen molar-refractivity contribution in [1.29, 1.82) is 0 Å². The van der Waals surface area contributed by atoms with E-state index in [0.29, 0.717) is 34.1 Å². The largest absolute Gasteiger partial charge is 0.497 e. The Morgan fingerprint density at radius 1 is 0.735 bits per heavy atom. The van der Waals surface area contributed by atoms with Crippen LogP contribution in [0.1, 0.15) is 26.3 Å². The van der Waals surface area contributed by atoms with Gasteiger partial charge in [0.2, 0.25) is 5.75 Å². The molecule has 0 fully saturated rings. The van der Waals surface area contributed by atoms with Crippen LogP contribution in [0.15, 0.2) is 65.8 Å². The molecule has 3 rings (SSSR count). The van der Waals surface area contributed by atoms with Gasteiger partial charge in [-0.25, -0.2) is 5.43 Å². The molecular formula is C25H25N3O6. The van der Waals surface area contributed by atoms with Crippen molar-refractivity contribution in [3.8, 4) is 23.0 Å². The number of nitrogens with one attached hydrogen (secondary N) is 2. The monoisotopic (exact) mass is 463 g/mol. The maximum Gasteiger partial charge on any atom is 0.271 e. The number of nitrogens with zero attached hydrogens (tertiary/aromatic N) is 1. The van der Waals surface area contributed by atoms with Crippen LogP contribution in [-0.4, -0.2) is 46.5 Å². The van der Waals surface area contributed by atoms with E-state index in [2.05, 4.69) is 15.8 Å². The third-order valence-electron chi connectivity index (χ3n) is 4.83.